The van der Waals surface area contributed by atoms with Crippen molar-refractivity contribution in [1.82, 2.24) is 15.1 Å². The summed E-state index contributed by atoms with van der Waals surface area (Å²) in [6.07, 6.45) is 2.29. The zero-order valence-electron chi connectivity index (χ0n) is 22.1. The Balaban J connectivity index is 1.34. The molecule has 12 heteroatoms. The lowest BCUT2D eigenvalue weighted by Gasteiger charge is -2.40. The number of aliphatic hydroxyl groups excluding tert-OH is 1. The normalized spacial score (nSPS) is 29.1. The number of amides is 1. The van der Waals surface area contributed by atoms with Gasteiger partial charge < -0.3 is 20.9 Å². The number of hydroxylamine groups is 1. The molecule has 9 nitrogen and oxygen atoms in total. The number of carbonyl (C=O) groups is 1. The van der Waals surface area contributed by atoms with E-state index in [0.717, 1.165) is 6.42 Å². The van der Waals surface area contributed by atoms with E-state index in [-0.39, 0.29) is 41.4 Å². The fourth-order valence-corrected chi connectivity index (χ4v) is 8.15. The monoisotopic (exact) mass is 578 g/mol. The maximum absolute atomic E-state index is 15.1. The van der Waals surface area contributed by atoms with Gasteiger partial charge in [0.1, 0.15) is 17.7 Å². The summed E-state index contributed by atoms with van der Waals surface area (Å²) in [6, 6.07) is 8.63. The predicted molar refractivity (Wildman–Crippen MR) is 145 cm³/mol. The second-order valence-corrected chi connectivity index (χ2v) is 13.2. The molecule has 1 saturated carbocycles. The summed E-state index contributed by atoms with van der Waals surface area (Å²) in [5.74, 6) is -2.17. The fraction of sp³-hybridized carbons (Fsp3) is 0.536. The van der Waals surface area contributed by atoms with Crippen LogP contribution in [-0.2, 0) is 21.2 Å². The van der Waals surface area contributed by atoms with Crippen molar-refractivity contribution in [1.29, 1.82) is 0 Å². The lowest BCUT2D eigenvalue weighted by atomic mass is 9.68. The topological polar surface area (TPSA) is 131 Å². The first kappa shape index (κ1) is 29.0. The van der Waals surface area contributed by atoms with Crippen LogP contribution in [0.1, 0.15) is 49.1 Å². The largest absolute Gasteiger partial charge is 0.393 e. The predicted octanol–water partition coefficient (Wildman–Crippen LogP) is 2.50. The Morgan fingerprint density at radius 3 is 2.60 bits per heavy atom. The van der Waals surface area contributed by atoms with Crippen LogP contribution >= 0.6 is 0 Å². The van der Waals surface area contributed by atoms with Crippen molar-refractivity contribution in [2.45, 2.75) is 68.7 Å². The summed E-state index contributed by atoms with van der Waals surface area (Å²) in [4.78, 5) is 13.5. The molecule has 2 saturated heterocycles. The number of carbonyl (C=O) groups excluding carboxylic acids is 1. The van der Waals surface area contributed by atoms with Crippen LogP contribution < -0.4 is 16.1 Å². The van der Waals surface area contributed by atoms with Gasteiger partial charge in [-0.15, -0.1) is 0 Å². The molecule has 3 fully saturated rings. The van der Waals surface area contributed by atoms with Crippen LogP contribution in [0.25, 0.3) is 0 Å². The lowest BCUT2D eigenvalue weighted by molar-refractivity contribution is -0.123. The minimum absolute atomic E-state index is 0.103. The van der Waals surface area contributed by atoms with Crippen molar-refractivity contribution in [3.8, 4) is 0 Å². The number of hydrogen-bond donors (Lipinski definition) is 5. The van der Waals surface area contributed by atoms with Crippen LogP contribution in [-0.4, -0.2) is 72.0 Å². The van der Waals surface area contributed by atoms with E-state index in [1.807, 2.05) is 0 Å². The average molecular weight is 579 g/mol. The van der Waals surface area contributed by atoms with E-state index in [1.54, 1.807) is 22.5 Å². The Labute approximate surface area is 233 Å². The highest BCUT2D eigenvalue weighted by molar-refractivity contribution is 7.89. The number of hydrogen-bond acceptors (Lipinski definition) is 7. The van der Waals surface area contributed by atoms with Crippen LogP contribution in [0, 0.1) is 17.6 Å². The van der Waals surface area contributed by atoms with Crippen molar-refractivity contribution < 1.29 is 32.3 Å². The van der Waals surface area contributed by atoms with E-state index in [0.29, 0.717) is 44.3 Å². The molecule has 0 aromatic heterocycles. The highest BCUT2D eigenvalue weighted by atomic mass is 32.2. The highest BCUT2D eigenvalue weighted by Gasteiger charge is 2.42. The molecule has 5 atom stereocenters. The zero-order chi connectivity index (χ0) is 28.4. The van der Waals surface area contributed by atoms with Gasteiger partial charge in [0.05, 0.1) is 11.9 Å². The number of nitrogens with one attached hydrogen (secondary N) is 3. The number of nitrogens with zero attached hydrogens (tertiary/aromatic N) is 1. The van der Waals surface area contributed by atoms with Gasteiger partial charge in [-0.3, -0.25) is 4.79 Å². The lowest BCUT2D eigenvalue weighted by Crippen LogP contribution is -2.57. The minimum Gasteiger partial charge on any atom is -0.393 e. The fourth-order valence-electron chi connectivity index (χ4n) is 6.34. The number of halogens is 2. The molecule has 3 aliphatic rings. The molecule has 5 rings (SSSR count). The Morgan fingerprint density at radius 2 is 1.90 bits per heavy atom. The quantitative estimate of drug-likeness (QED) is 0.289. The maximum Gasteiger partial charge on any atom is 0.244 e. The van der Waals surface area contributed by atoms with Gasteiger partial charge in [0.25, 0.3) is 0 Å². The number of fused-ring (bicyclic) bond motifs is 2. The summed E-state index contributed by atoms with van der Waals surface area (Å²) in [5.41, 5.74) is 3.20. The van der Waals surface area contributed by atoms with E-state index < -0.39 is 45.6 Å². The third-order valence-corrected chi connectivity index (χ3v) is 10.5. The first-order chi connectivity index (χ1) is 19.2. The molecule has 0 spiro atoms. The van der Waals surface area contributed by atoms with Gasteiger partial charge in [-0.25, -0.2) is 17.2 Å². The highest BCUT2D eigenvalue weighted by Crippen LogP contribution is 2.42. The first-order valence-corrected chi connectivity index (χ1v) is 15.4. The van der Waals surface area contributed by atoms with E-state index in [1.165, 1.54) is 24.3 Å². The molecule has 2 heterocycles. The summed E-state index contributed by atoms with van der Waals surface area (Å²) >= 11 is 0. The molecule has 0 radical (unpaired) electrons. The molecule has 1 aliphatic carbocycles. The van der Waals surface area contributed by atoms with Crippen LogP contribution in [0.2, 0.25) is 0 Å². The van der Waals surface area contributed by atoms with Crippen molar-refractivity contribution in [2.75, 3.05) is 24.2 Å². The number of anilines is 1. The van der Waals surface area contributed by atoms with Gasteiger partial charge in [-0.2, -0.15) is 9.79 Å². The number of rotatable bonds is 9. The van der Waals surface area contributed by atoms with Crippen LogP contribution in [0.5, 0.6) is 0 Å². The molecule has 218 valence electrons. The van der Waals surface area contributed by atoms with Crippen molar-refractivity contribution >= 4 is 21.6 Å². The van der Waals surface area contributed by atoms with Gasteiger partial charge in [-0.05, 0) is 74.3 Å². The van der Waals surface area contributed by atoms with Gasteiger partial charge in [-0.1, -0.05) is 18.2 Å². The Hall–Kier alpha value is -2.48. The molecule has 1 unspecified atom stereocenters. The van der Waals surface area contributed by atoms with Crippen molar-refractivity contribution in [3.63, 3.8) is 0 Å². The summed E-state index contributed by atoms with van der Waals surface area (Å²) in [5, 5.41) is 26.1. The Morgan fingerprint density at radius 1 is 1.15 bits per heavy atom. The smallest absolute Gasteiger partial charge is 0.244 e. The van der Waals surface area contributed by atoms with Crippen LogP contribution in [0.15, 0.2) is 42.5 Å². The second kappa shape index (κ2) is 12.2. The summed E-state index contributed by atoms with van der Waals surface area (Å²) < 4.78 is 55.9. The third-order valence-electron chi connectivity index (χ3n) is 8.56. The Kier molecular flexibility index (Phi) is 8.83. The molecule has 2 bridgehead atoms. The molecular formula is C28H36F2N4O5S. The van der Waals surface area contributed by atoms with Gasteiger partial charge >= 0.3 is 0 Å². The van der Waals surface area contributed by atoms with E-state index in [9.17, 15) is 27.9 Å². The SMILES string of the molecule is O=C(Nc1cccc(F)c1CC[C@H]1CN[C@@H]2CCCS(=O)(=O)N1C2)[C@@H](NO)[C@@H](c1ccc(F)cc1)[C@H]1C[C@@H](O)C1. The Bertz CT molecular complexity index is 1310. The van der Waals surface area contributed by atoms with E-state index in [4.69, 9.17) is 0 Å². The number of sulfonamides is 1. The molecular weight excluding hydrogens is 542 g/mol. The summed E-state index contributed by atoms with van der Waals surface area (Å²) in [6.45, 7) is 0.876. The summed E-state index contributed by atoms with van der Waals surface area (Å²) in [7, 11) is -3.39. The molecule has 1 amide bonds. The maximum atomic E-state index is 15.1. The second-order valence-electron chi connectivity index (χ2n) is 11.2. The van der Waals surface area contributed by atoms with Gasteiger partial charge in [0, 0.05) is 42.3 Å². The number of aliphatic hydroxyl groups is 1. The van der Waals surface area contributed by atoms with Crippen LogP contribution in [0.3, 0.4) is 0 Å². The van der Waals surface area contributed by atoms with Gasteiger partial charge in [0.2, 0.25) is 15.9 Å². The molecule has 5 N–H and O–H groups in total. The molecule has 2 aliphatic heterocycles. The molecule has 2 aromatic rings. The minimum atomic E-state index is -3.39. The van der Waals surface area contributed by atoms with Crippen LogP contribution in [0.4, 0.5) is 14.5 Å². The number of piperazine rings is 1. The standard InChI is InChI=1S/C28H36F2N4O5S/c29-19-8-6-17(7-9-19)26(18-13-22(35)14-18)27(33-37)28(36)32-25-5-1-4-24(30)23(25)11-10-21-15-31-20-3-2-12-40(38,39)34(21)16-20/h1,4-9,18,20-22,26-27,31,33,35,37H,2-3,10-16H2,(H,32,36)/t18-,20-,21+,22+,26+,27+/m1/s1. The third kappa shape index (κ3) is 6.22. The molecule has 40 heavy (non-hydrogen) atoms. The zero-order valence-corrected chi connectivity index (χ0v) is 22.9. The van der Waals surface area contributed by atoms with Gasteiger partial charge in [0.15, 0.2) is 0 Å². The number of benzene rings is 2. The van der Waals surface area contributed by atoms with Crippen molar-refractivity contribution in [2.24, 2.45) is 5.92 Å². The first-order valence-electron chi connectivity index (χ1n) is 13.8. The van der Waals surface area contributed by atoms with Crippen molar-refractivity contribution in [3.05, 3.63) is 65.2 Å². The molecule has 2 aromatic carbocycles. The average Bonchev–Trinajstić information content (AvgIpc) is 3.02. The van der Waals surface area contributed by atoms with E-state index >= 15 is 4.39 Å². The van der Waals surface area contributed by atoms with E-state index in [2.05, 4.69) is 16.1 Å².